The maximum atomic E-state index is 12.3. The molecular weight excluding hydrogens is 228 g/mol. The SMILES string of the molecule is C[C@H]1CN(C(=O)[C@H](N)c2ccccc2)C[C@H](C)O1. The largest absolute Gasteiger partial charge is 0.372 e. The molecule has 1 aliphatic rings. The molecule has 2 rings (SSSR count). The number of hydrogen-bond donors (Lipinski definition) is 1. The van der Waals surface area contributed by atoms with Crippen LogP contribution < -0.4 is 5.73 Å². The molecule has 98 valence electrons. The van der Waals surface area contributed by atoms with E-state index in [2.05, 4.69) is 0 Å². The van der Waals surface area contributed by atoms with Crippen LogP contribution in [0.1, 0.15) is 25.5 Å². The van der Waals surface area contributed by atoms with Crippen LogP contribution in [0.4, 0.5) is 0 Å². The van der Waals surface area contributed by atoms with Crippen LogP contribution in [-0.2, 0) is 9.53 Å². The molecule has 0 spiro atoms. The van der Waals surface area contributed by atoms with Crippen molar-refractivity contribution in [1.29, 1.82) is 0 Å². The molecule has 0 bridgehead atoms. The van der Waals surface area contributed by atoms with E-state index in [1.165, 1.54) is 0 Å². The lowest BCUT2D eigenvalue weighted by atomic mass is 10.1. The van der Waals surface area contributed by atoms with Gasteiger partial charge in [-0.2, -0.15) is 0 Å². The number of nitrogens with two attached hydrogens (primary N) is 1. The van der Waals surface area contributed by atoms with E-state index in [1.807, 2.05) is 44.2 Å². The van der Waals surface area contributed by atoms with Crippen molar-refractivity contribution < 1.29 is 9.53 Å². The summed E-state index contributed by atoms with van der Waals surface area (Å²) in [6, 6.07) is 8.90. The summed E-state index contributed by atoms with van der Waals surface area (Å²) in [5, 5.41) is 0. The van der Waals surface area contributed by atoms with E-state index in [1.54, 1.807) is 4.90 Å². The van der Waals surface area contributed by atoms with Gasteiger partial charge in [0, 0.05) is 13.1 Å². The van der Waals surface area contributed by atoms with Gasteiger partial charge in [0.1, 0.15) is 6.04 Å². The Labute approximate surface area is 108 Å². The highest BCUT2D eigenvalue weighted by atomic mass is 16.5. The summed E-state index contributed by atoms with van der Waals surface area (Å²) >= 11 is 0. The zero-order chi connectivity index (χ0) is 13.1. The normalized spacial score (nSPS) is 25.8. The number of carbonyl (C=O) groups excluding carboxylic acids is 1. The van der Waals surface area contributed by atoms with E-state index < -0.39 is 6.04 Å². The van der Waals surface area contributed by atoms with Crippen molar-refractivity contribution in [2.24, 2.45) is 5.73 Å². The van der Waals surface area contributed by atoms with E-state index in [0.717, 1.165) is 5.56 Å². The molecule has 1 aromatic carbocycles. The molecule has 1 aliphatic heterocycles. The highest BCUT2D eigenvalue weighted by Crippen LogP contribution is 2.17. The lowest BCUT2D eigenvalue weighted by Gasteiger charge is -2.36. The Morgan fingerprint density at radius 3 is 2.39 bits per heavy atom. The smallest absolute Gasteiger partial charge is 0.244 e. The fraction of sp³-hybridized carbons (Fsp3) is 0.500. The molecule has 1 aromatic rings. The van der Waals surface area contributed by atoms with Gasteiger partial charge >= 0.3 is 0 Å². The van der Waals surface area contributed by atoms with Gasteiger partial charge in [0.15, 0.2) is 0 Å². The Morgan fingerprint density at radius 2 is 1.83 bits per heavy atom. The van der Waals surface area contributed by atoms with Crippen molar-refractivity contribution in [3.8, 4) is 0 Å². The Morgan fingerprint density at radius 1 is 1.28 bits per heavy atom. The number of carbonyl (C=O) groups is 1. The fourth-order valence-electron chi connectivity index (χ4n) is 2.36. The zero-order valence-corrected chi connectivity index (χ0v) is 10.9. The van der Waals surface area contributed by atoms with E-state index in [-0.39, 0.29) is 18.1 Å². The maximum absolute atomic E-state index is 12.3. The summed E-state index contributed by atoms with van der Waals surface area (Å²) in [6.07, 6.45) is 0.140. The van der Waals surface area contributed by atoms with Crippen LogP contribution in [0.25, 0.3) is 0 Å². The maximum Gasteiger partial charge on any atom is 0.244 e. The first-order valence-electron chi connectivity index (χ1n) is 6.32. The summed E-state index contributed by atoms with van der Waals surface area (Å²) < 4.78 is 5.62. The summed E-state index contributed by atoms with van der Waals surface area (Å²) in [5.41, 5.74) is 6.88. The number of rotatable bonds is 2. The second-order valence-electron chi connectivity index (χ2n) is 4.89. The zero-order valence-electron chi connectivity index (χ0n) is 10.9. The van der Waals surface area contributed by atoms with Crippen molar-refractivity contribution in [3.63, 3.8) is 0 Å². The quantitative estimate of drug-likeness (QED) is 0.859. The average molecular weight is 248 g/mol. The molecule has 0 aromatic heterocycles. The van der Waals surface area contributed by atoms with Crippen LogP contribution >= 0.6 is 0 Å². The number of amides is 1. The second kappa shape index (κ2) is 5.50. The third kappa shape index (κ3) is 2.89. The second-order valence-corrected chi connectivity index (χ2v) is 4.89. The third-order valence-electron chi connectivity index (χ3n) is 3.16. The highest BCUT2D eigenvalue weighted by Gasteiger charge is 2.29. The molecule has 18 heavy (non-hydrogen) atoms. The predicted octanol–water partition coefficient (Wildman–Crippen LogP) is 1.32. The molecule has 1 fully saturated rings. The van der Waals surface area contributed by atoms with Crippen LogP contribution in [0.15, 0.2) is 30.3 Å². The minimum Gasteiger partial charge on any atom is -0.372 e. The molecule has 3 atom stereocenters. The number of morpholine rings is 1. The van der Waals surface area contributed by atoms with E-state index >= 15 is 0 Å². The van der Waals surface area contributed by atoms with Crippen molar-refractivity contribution >= 4 is 5.91 Å². The van der Waals surface area contributed by atoms with Gasteiger partial charge in [-0.3, -0.25) is 4.79 Å². The molecule has 4 heteroatoms. The Hall–Kier alpha value is -1.39. The molecule has 0 radical (unpaired) electrons. The first kappa shape index (κ1) is 13.1. The topological polar surface area (TPSA) is 55.6 Å². The van der Waals surface area contributed by atoms with Crippen molar-refractivity contribution in [1.82, 2.24) is 4.90 Å². The van der Waals surface area contributed by atoms with Gasteiger partial charge in [-0.25, -0.2) is 0 Å². The minimum atomic E-state index is -0.580. The minimum absolute atomic E-state index is 0.0248. The summed E-state index contributed by atoms with van der Waals surface area (Å²) in [6.45, 7) is 5.18. The third-order valence-corrected chi connectivity index (χ3v) is 3.16. The Balaban J connectivity index is 2.07. The fourth-order valence-corrected chi connectivity index (χ4v) is 2.36. The van der Waals surface area contributed by atoms with E-state index in [4.69, 9.17) is 10.5 Å². The van der Waals surface area contributed by atoms with Gasteiger partial charge in [-0.15, -0.1) is 0 Å². The monoisotopic (exact) mass is 248 g/mol. The van der Waals surface area contributed by atoms with Gasteiger partial charge in [-0.1, -0.05) is 30.3 Å². The Bertz CT molecular complexity index is 398. The molecule has 4 nitrogen and oxygen atoms in total. The van der Waals surface area contributed by atoms with Gasteiger partial charge in [0.05, 0.1) is 12.2 Å². The standard InChI is InChI=1S/C14H20N2O2/c1-10-8-16(9-11(2)18-10)14(17)13(15)12-6-4-3-5-7-12/h3-7,10-11,13H,8-9,15H2,1-2H3/t10-,11-,13+/m0/s1. The lowest BCUT2D eigenvalue weighted by molar-refractivity contribution is -0.144. The van der Waals surface area contributed by atoms with E-state index in [0.29, 0.717) is 13.1 Å². The van der Waals surface area contributed by atoms with Gasteiger partial charge in [-0.05, 0) is 19.4 Å². The van der Waals surface area contributed by atoms with Crippen LogP contribution in [0.2, 0.25) is 0 Å². The molecule has 0 saturated carbocycles. The average Bonchev–Trinajstić information content (AvgIpc) is 2.37. The van der Waals surface area contributed by atoms with Crippen LogP contribution in [0.5, 0.6) is 0 Å². The van der Waals surface area contributed by atoms with Gasteiger partial charge < -0.3 is 15.4 Å². The molecule has 1 heterocycles. The highest BCUT2D eigenvalue weighted by molar-refractivity contribution is 5.83. The molecule has 0 aliphatic carbocycles. The van der Waals surface area contributed by atoms with Crippen molar-refractivity contribution in [2.75, 3.05) is 13.1 Å². The van der Waals surface area contributed by atoms with Gasteiger partial charge in [0.2, 0.25) is 5.91 Å². The van der Waals surface area contributed by atoms with Crippen molar-refractivity contribution in [3.05, 3.63) is 35.9 Å². The van der Waals surface area contributed by atoms with Crippen LogP contribution in [-0.4, -0.2) is 36.1 Å². The Kier molecular flexibility index (Phi) is 3.99. The van der Waals surface area contributed by atoms with Crippen LogP contribution in [0.3, 0.4) is 0 Å². The molecule has 1 saturated heterocycles. The first-order valence-corrected chi connectivity index (χ1v) is 6.32. The number of hydrogen-bond acceptors (Lipinski definition) is 3. The first-order chi connectivity index (χ1) is 8.58. The predicted molar refractivity (Wildman–Crippen MR) is 70.0 cm³/mol. The number of nitrogens with zero attached hydrogens (tertiary/aromatic N) is 1. The molecule has 0 unspecified atom stereocenters. The molecule has 2 N–H and O–H groups in total. The van der Waals surface area contributed by atoms with Crippen LogP contribution in [0, 0.1) is 0 Å². The van der Waals surface area contributed by atoms with Gasteiger partial charge in [0.25, 0.3) is 0 Å². The lowest BCUT2D eigenvalue weighted by Crippen LogP contribution is -2.50. The summed E-state index contributed by atoms with van der Waals surface area (Å²) in [7, 11) is 0. The number of benzene rings is 1. The summed E-state index contributed by atoms with van der Waals surface area (Å²) in [4.78, 5) is 14.1. The van der Waals surface area contributed by atoms with E-state index in [9.17, 15) is 4.79 Å². The molecule has 1 amide bonds. The summed E-state index contributed by atoms with van der Waals surface area (Å²) in [5.74, 6) is -0.0248. The molecular formula is C14H20N2O2. The number of ether oxygens (including phenoxy) is 1. The van der Waals surface area contributed by atoms with Crippen molar-refractivity contribution in [2.45, 2.75) is 32.1 Å².